The van der Waals surface area contributed by atoms with E-state index in [0.717, 1.165) is 0 Å². The van der Waals surface area contributed by atoms with Gasteiger partial charge in [0.05, 0.1) is 12.1 Å². The lowest BCUT2D eigenvalue weighted by Crippen LogP contribution is -2.27. The molecule has 1 aromatic heterocycles. The first kappa shape index (κ1) is 11.8. The van der Waals surface area contributed by atoms with Gasteiger partial charge in [-0.2, -0.15) is 19.0 Å². The summed E-state index contributed by atoms with van der Waals surface area (Å²) in [4.78, 5) is 10.7. The number of hydrogen-bond donors (Lipinski definition) is 1. The predicted molar refractivity (Wildman–Crippen MR) is 53.2 cm³/mol. The summed E-state index contributed by atoms with van der Waals surface area (Å²) < 4.78 is 30.2. The normalized spacial score (nSPS) is 22.5. The number of halogens is 2. The first-order chi connectivity index (χ1) is 8.08. The molecule has 5 nitrogen and oxygen atoms in total. The Kier molecular flexibility index (Phi) is 3.28. The van der Waals surface area contributed by atoms with Crippen LogP contribution >= 0.6 is 0 Å². The standard InChI is InChI=1S/C10H11F2N3O2/c11-10(12)4-8(17-9(10)16)6-13-5-7-2-1-3-14-15-7/h1-3,8,13H,4-6H2. The van der Waals surface area contributed by atoms with Crippen LogP contribution in [0.2, 0.25) is 0 Å². The molecule has 17 heavy (non-hydrogen) atoms. The Bertz CT molecular complexity index is 400. The minimum atomic E-state index is -3.35. The minimum absolute atomic E-state index is 0.178. The van der Waals surface area contributed by atoms with Crippen LogP contribution in [0.3, 0.4) is 0 Å². The molecule has 0 bridgehead atoms. The maximum Gasteiger partial charge on any atom is 0.377 e. The van der Waals surface area contributed by atoms with Crippen LogP contribution in [0.25, 0.3) is 0 Å². The lowest BCUT2D eigenvalue weighted by atomic mass is 10.2. The molecule has 1 aliphatic rings. The Hall–Kier alpha value is -1.63. The zero-order chi connectivity index (χ0) is 12.3. The van der Waals surface area contributed by atoms with Crippen LogP contribution in [-0.2, 0) is 16.1 Å². The highest BCUT2D eigenvalue weighted by atomic mass is 19.3. The van der Waals surface area contributed by atoms with Gasteiger partial charge in [-0.3, -0.25) is 0 Å². The molecule has 1 aliphatic heterocycles. The molecular formula is C10H11F2N3O2. The first-order valence-electron chi connectivity index (χ1n) is 5.14. The van der Waals surface area contributed by atoms with Crippen molar-refractivity contribution in [2.24, 2.45) is 0 Å². The van der Waals surface area contributed by atoms with Crippen LogP contribution in [0.1, 0.15) is 12.1 Å². The van der Waals surface area contributed by atoms with Crippen molar-refractivity contribution < 1.29 is 18.3 Å². The molecule has 1 aromatic rings. The molecule has 0 aliphatic carbocycles. The second kappa shape index (κ2) is 4.70. The topological polar surface area (TPSA) is 64.1 Å². The number of nitrogens with one attached hydrogen (secondary N) is 1. The van der Waals surface area contributed by atoms with Crippen molar-refractivity contribution in [1.29, 1.82) is 0 Å². The van der Waals surface area contributed by atoms with Gasteiger partial charge in [-0.25, -0.2) is 4.79 Å². The molecule has 1 fully saturated rings. The Morgan fingerprint density at radius 3 is 3.00 bits per heavy atom. The van der Waals surface area contributed by atoms with E-state index in [0.29, 0.717) is 12.2 Å². The molecule has 7 heteroatoms. The zero-order valence-corrected chi connectivity index (χ0v) is 8.90. The molecule has 0 spiro atoms. The number of esters is 1. The summed E-state index contributed by atoms with van der Waals surface area (Å²) in [5.41, 5.74) is 0.698. The third-order valence-electron chi connectivity index (χ3n) is 2.36. The molecule has 92 valence electrons. The van der Waals surface area contributed by atoms with E-state index in [4.69, 9.17) is 0 Å². The van der Waals surface area contributed by atoms with E-state index in [2.05, 4.69) is 20.3 Å². The van der Waals surface area contributed by atoms with E-state index in [9.17, 15) is 13.6 Å². The van der Waals surface area contributed by atoms with Crippen molar-refractivity contribution >= 4 is 5.97 Å². The average Bonchev–Trinajstić information content (AvgIpc) is 2.54. The Labute approximate surface area is 96.2 Å². The summed E-state index contributed by atoms with van der Waals surface area (Å²) in [5.74, 6) is -4.79. The highest BCUT2D eigenvalue weighted by molar-refractivity contribution is 5.79. The molecule has 0 radical (unpaired) electrons. The molecule has 2 rings (SSSR count). The lowest BCUT2D eigenvalue weighted by molar-refractivity contribution is -0.159. The third-order valence-corrected chi connectivity index (χ3v) is 2.36. The fourth-order valence-electron chi connectivity index (χ4n) is 1.55. The number of ether oxygens (including phenoxy) is 1. The molecule has 0 saturated carbocycles. The maximum atomic E-state index is 12.8. The lowest BCUT2D eigenvalue weighted by Gasteiger charge is -2.09. The van der Waals surface area contributed by atoms with E-state index in [1.165, 1.54) is 0 Å². The van der Waals surface area contributed by atoms with Gasteiger partial charge >= 0.3 is 11.9 Å². The van der Waals surface area contributed by atoms with Crippen molar-refractivity contribution in [1.82, 2.24) is 15.5 Å². The van der Waals surface area contributed by atoms with E-state index in [1.807, 2.05) is 0 Å². The highest BCUT2D eigenvalue weighted by Crippen LogP contribution is 2.30. The number of rotatable bonds is 4. The molecule has 1 saturated heterocycles. The number of alkyl halides is 2. The number of carbonyl (C=O) groups is 1. The van der Waals surface area contributed by atoms with Crippen molar-refractivity contribution in [3.05, 3.63) is 24.0 Å². The highest BCUT2D eigenvalue weighted by Gasteiger charge is 2.50. The zero-order valence-electron chi connectivity index (χ0n) is 8.90. The maximum absolute atomic E-state index is 12.8. The van der Waals surface area contributed by atoms with Crippen LogP contribution < -0.4 is 5.32 Å². The van der Waals surface area contributed by atoms with E-state index >= 15 is 0 Å². The Morgan fingerprint density at radius 2 is 2.41 bits per heavy atom. The van der Waals surface area contributed by atoms with Crippen LogP contribution in [0.15, 0.2) is 18.3 Å². The Morgan fingerprint density at radius 1 is 1.59 bits per heavy atom. The average molecular weight is 243 g/mol. The SMILES string of the molecule is O=C1OC(CNCc2cccnn2)CC1(F)F. The quantitative estimate of drug-likeness (QED) is 0.781. The molecule has 0 amide bonds. The fraction of sp³-hybridized carbons (Fsp3) is 0.500. The third kappa shape index (κ3) is 2.94. The van der Waals surface area contributed by atoms with Gasteiger partial charge in [0.1, 0.15) is 6.10 Å². The summed E-state index contributed by atoms with van der Waals surface area (Å²) in [6.07, 6.45) is 0.191. The van der Waals surface area contributed by atoms with E-state index in [1.54, 1.807) is 18.3 Å². The number of cyclic esters (lactones) is 1. The molecule has 0 aromatic carbocycles. The van der Waals surface area contributed by atoms with Crippen LogP contribution in [0.4, 0.5) is 8.78 Å². The van der Waals surface area contributed by atoms with E-state index < -0.39 is 24.4 Å². The van der Waals surface area contributed by atoms with Crippen LogP contribution in [0, 0.1) is 0 Å². The van der Waals surface area contributed by atoms with Crippen molar-refractivity contribution in [2.75, 3.05) is 6.54 Å². The van der Waals surface area contributed by atoms with Crippen molar-refractivity contribution in [3.63, 3.8) is 0 Å². The van der Waals surface area contributed by atoms with Gasteiger partial charge in [0, 0.05) is 19.3 Å². The van der Waals surface area contributed by atoms with Gasteiger partial charge in [-0.15, -0.1) is 0 Å². The first-order valence-corrected chi connectivity index (χ1v) is 5.14. The predicted octanol–water partition coefficient (Wildman–Crippen LogP) is 0.517. The second-order valence-corrected chi connectivity index (χ2v) is 3.78. The molecule has 1 atom stereocenters. The number of aromatic nitrogens is 2. The van der Waals surface area contributed by atoms with Gasteiger partial charge in [-0.05, 0) is 12.1 Å². The van der Waals surface area contributed by atoms with Crippen LogP contribution in [-0.4, -0.2) is 34.7 Å². The Balaban J connectivity index is 1.76. The molecule has 2 heterocycles. The summed E-state index contributed by atoms with van der Waals surface area (Å²) in [5, 5.41) is 10.4. The summed E-state index contributed by atoms with van der Waals surface area (Å²) >= 11 is 0. The smallest absolute Gasteiger partial charge is 0.377 e. The van der Waals surface area contributed by atoms with E-state index in [-0.39, 0.29) is 6.54 Å². The summed E-state index contributed by atoms with van der Waals surface area (Å²) in [6, 6.07) is 3.49. The van der Waals surface area contributed by atoms with Crippen molar-refractivity contribution in [3.8, 4) is 0 Å². The number of nitrogens with zero attached hydrogens (tertiary/aromatic N) is 2. The summed E-state index contributed by atoms with van der Waals surface area (Å²) in [7, 11) is 0. The largest absolute Gasteiger partial charge is 0.456 e. The van der Waals surface area contributed by atoms with Crippen LogP contribution in [0.5, 0.6) is 0 Å². The molecule has 1 N–H and O–H groups in total. The van der Waals surface area contributed by atoms with Gasteiger partial charge in [-0.1, -0.05) is 0 Å². The van der Waals surface area contributed by atoms with Gasteiger partial charge in [0.15, 0.2) is 0 Å². The summed E-state index contributed by atoms with van der Waals surface area (Å²) in [6.45, 7) is 0.575. The van der Waals surface area contributed by atoms with Crippen molar-refractivity contribution in [2.45, 2.75) is 25.0 Å². The number of carbonyl (C=O) groups excluding carboxylic acids is 1. The molecular weight excluding hydrogens is 232 g/mol. The number of hydrogen-bond acceptors (Lipinski definition) is 5. The van der Waals surface area contributed by atoms with Gasteiger partial charge < -0.3 is 10.1 Å². The monoisotopic (exact) mass is 243 g/mol. The fourth-order valence-corrected chi connectivity index (χ4v) is 1.55. The minimum Gasteiger partial charge on any atom is -0.456 e. The second-order valence-electron chi connectivity index (χ2n) is 3.78. The van der Waals surface area contributed by atoms with Gasteiger partial charge in [0.2, 0.25) is 0 Å². The molecule has 1 unspecified atom stereocenters. The van der Waals surface area contributed by atoms with Gasteiger partial charge in [0.25, 0.3) is 0 Å².